The van der Waals surface area contributed by atoms with Gasteiger partial charge < -0.3 is 9.84 Å². The number of carbonyl (C=O) groups is 3. The summed E-state index contributed by atoms with van der Waals surface area (Å²) in [5.41, 5.74) is -4.65. The molecule has 200 valence electrons. The molecule has 5 nitrogen and oxygen atoms in total. The van der Waals surface area contributed by atoms with Crippen LogP contribution in [0.5, 0.6) is 0 Å². The number of esters is 1. The molecule has 4 rings (SSSR count). The molecule has 4 aliphatic carbocycles. The van der Waals surface area contributed by atoms with Gasteiger partial charge in [-0.05, 0) is 62.2 Å². The van der Waals surface area contributed by atoms with Crippen molar-refractivity contribution in [3.63, 3.8) is 0 Å². The van der Waals surface area contributed by atoms with Crippen LogP contribution < -0.4 is 0 Å². The van der Waals surface area contributed by atoms with Crippen LogP contribution in [0, 0.1) is 28.6 Å². The van der Waals surface area contributed by atoms with Crippen LogP contribution in [0.4, 0.5) is 4.39 Å². The molecule has 0 heterocycles. The molecule has 3 saturated carbocycles. The van der Waals surface area contributed by atoms with Crippen molar-refractivity contribution in [3.8, 4) is 0 Å². The Hall–Kier alpha value is -1.12. The zero-order valence-corrected chi connectivity index (χ0v) is 23.8. The van der Waals surface area contributed by atoms with Crippen LogP contribution in [-0.4, -0.2) is 63.0 Å². The fourth-order valence-corrected chi connectivity index (χ4v) is 9.09. The summed E-state index contributed by atoms with van der Waals surface area (Å²) in [4.78, 5) is 39.0. The number of aliphatic hydroxyl groups is 1. The van der Waals surface area contributed by atoms with E-state index < -0.39 is 40.1 Å². The number of rotatable bonds is 7. The highest BCUT2D eigenvalue weighted by Crippen LogP contribution is 2.71. The fraction of sp³-hybridized carbons (Fsp3) is 0.750. The minimum absolute atomic E-state index is 0.0182. The summed E-state index contributed by atoms with van der Waals surface area (Å²) in [6, 6.07) is 0. The van der Waals surface area contributed by atoms with Gasteiger partial charge in [0.2, 0.25) is 0 Å². The van der Waals surface area contributed by atoms with Gasteiger partial charge in [-0.3, -0.25) is 14.4 Å². The van der Waals surface area contributed by atoms with Crippen LogP contribution in [0.1, 0.15) is 60.3 Å². The monoisotopic (exact) mass is 538 g/mol. The standard InChI is InChI=1S/C28H39FO5S2/c1-16(2)36-15-24(33)34-28(23(32)14-35-6)17(3)11-21-20-8-7-18-12-19(30)9-10-25(18,4)27(20,29)22(31)13-26(21,28)5/h9-10,12,16-17,20-22,31H,7-8,11,13-15H2,1-6H3/t17-,20-,21-,22-,25-,26-,27-,28-/m0/s1. The number of ether oxygens (including phenoxy) is 1. The zero-order valence-electron chi connectivity index (χ0n) is 22.1. The quantitative estimate of drug-likeness (QED) is 0.459. The van der Waals surface area contributed by atoms with E-state index in [1.807, 2.05) is 34.0 Å². The van der Waals surface area contributed by atoms with E-state index >= 15 is 4.39 Å². The molecule has 0 aromatic carbocycles. The number of fused-ring (bicyclic) bond motifs is 5. The maximum absolute atomic E-state index is 17.4. The van der Waals surface area contributed by atoms with Crippen LogP contribution in [0.2, 0.25) is 0 Å². The molecule has 0 unspecified atom stereocenters. The van der Waals surface area contributed by atoms with E-state index in [1.54, 1.807) is 13.0 Å². The summed E-state index contributed by atoms with van der Waals surface area (Å²) >= 11 is 2.85. The topological polar surface area (TPSA) is 80.7 Å². The van der Waals surface area contributed by atoms with Crippen LogP contribution in [0.3, 0.4) is 0 Å². The highest BCUT2D eigenvalue weighted by Gasteiger charge is 2.77. The van der Waals surface area contributed by atoms with E-state index in [0.717, 1.165) is 5.57 Å². The number of halogens is 1. The maximum atomic E-state index is 17.4. The molecule has 4 aliphatic rings. The lowest BCUT2D eigenvalue weighted by molar-refractivity contribution is -0.226. The molecule has 0 spiro atoms. The van der Waals surface area contributed by atoms with Gasteiger partial charge in [0.1, 0.15) is 0 Å². The average molecular weight is 539 g/mol. The van der Waals surface area contributed by atoms with Crippen molar-refractivity contribution in [1.82, 2.24) is 0 Å². The van der Waals surface area contributed by atoms with Crippen molar-refractivity contribution in [1.29, 1.82) is 0 Å². The van der Waals surface area contributed by atoms with E-state index in [2.05, 4.69) is 0 Å². The van der Waals surface area contributed by atoms with Gasteiger partial charge in [-0.1, -0.05) is 39.3 Å². The average Bonchev–Trinajstić information content (AvgIpc) is 3.01. The molecular formula is C28H39FO5S2. The molecule has 0 saturated heterocycles. The molecular weight excluding hydrogens is 499 g/mol. The highest BCUT2D eigenvalue weighted by molar-refractivity contribution is 8.00. The Kier molecular flexibility index (Phi) is 7.41. The Morgan fingerprint density at radius 3 is 2.58 bits per heavy atom. The second-order valence-corrected chi connectivity index (χ2v) is 14.3. The number of hydrogen-bond acceptors (Lipinski definition) is 7. The van der Waals surface area contributed by atoms with Crippen molar-refractivity contribution < 1.29 is 28.6 Å². The molecule has 0 aromatic rings. The Morgan fingerprint density at radius 2 is 1.94 bits per heavy atom. The lowest BCUT2D eigenvalue weighted by atomic mass is 9.44. The molecule has 0 aliphatic heterocycles. The fourth-order valence-electron chi connectivity index (χ4n) is 8.08. The number of Topliss-reactive ketones (excluding diaryl/α,β-unsaturated/α-hetero) is 1. The molecule has 8 heteroatoms. The molecule has 0 bridgehead atoms. The summed E-state index contributed by atoms with van der Waals surface area (Å²) in [7, 11) is 0. The minimum Gasteiger partial charge on any atom is -0.449 e. The van der Waals surface area contributed by atoms with Crippen molar-refractivity contribution in [2.45, 2.75) is 82.9 Å². The summed E-state index contributed by atoms with van der Waals surface area (Å²) in [5, 5.41) is 11.8. The SMILES string of the molecule is CSCC(=O)[C@@]1(OC(=O)CSC(C)C)[C@@H](C)C[C@H]2[C@@H]3CCC4=CC(=O)C=C[C@]4(C)[C@@]3(F)[C@@H](O)C[C@@]21C. The Labute approximate surface area is 222 Å². The number of allylic oxidation sites excluding steroid dienone is 4. The van der Waals surface area contributed by atoms with Gasteiger partial charge in [0.05, 0.1) is 17.6 Å². The van der Waals surface area contributed by atoms with Crippen LogP contribution >= 0.6 is 23.5 Å². The number of carbonyl (C=O) groups excluding carboxylic acids is 3. The number of hydrogen-bond donors (Lipinski definition) is 1. The van der Waals surface area contributed by atoms with Crippen molar-refractivity contribution in [2.24, 2.45) is 28.6 Å². The highest BCUT2D eigenvalue weighted by atomic mass is 32.2. The molecule has 0 amide bonds. The lowest BCUT2D eigenvalue weighted by Gasteiger charge is -2.62. The predicted octanol–water partition coefficient (Wildman–Crippen LogP) is 4.96. The first kappa shape index (κ1) is 27.9. The van der Waals surface area contributed by atoms with Crippen molar-refractivity contribution in [2.75, 3.05) is 17.8 Å². The van der Waals surface area contributed by atoms with E-state index in [0.29, 0.717) is 19.3 Å². The van der Waals surface area contributed by atoms with Gasteiger partial charge in [0.25, 0.3) is 0 Å². The minimum atomic E-state index is -1.98. The van der Waals surface area contributed by atoms with Crippen molar-refractivity contribution >= 4 is 41.1 Å². The largest absolute Gasteiger partial charge is 0.449 e. The molecule has 8 atom stereocenters. The zero-order chi connectivity index (χ0) is 26.7. The number of alkyl halides is 1. The number of aliphatic hydroxyl groups excluding tert-OH is 1. The first-order valence-corrected chi connectivity index (χ1v) is 15.4. The predicted molar refractivity (Wildman–Crippen MR) is 143 cm³/mol. The molecule has 3 fully saturated rings. The van der Waals surface area contributed by atoms with Crippen LogP contribution in [0.25, 0.3) is 0 Å². The van der Waals surface area contributed by atoms with Gasteiger partial charge >= 0.3 is 5.97 Å². The van der Waals surface area contributed by atoms with Crippen molar-refractivity contribution in [3.05, 3.63) is 23.8 Å². The molecule has 36 heavy (non-hydrogen) atoms. The van der Waals surface area contributed by atoms with Gasteiger partial charge in [-0.25, -0.2) is 4.39 Å². The van der Waals surface area contributed by atoms with E-state index in [1.165, 1.54) is 35.7 Å². The third-order valence-electron chi connectivity index (χ3n) is 9.68. The summed E-state index contributed by atoms with van der Waals surface area (Å²) in [5.74, 6) is -1.48. The second kappa shape index (κ2) is 9.57. The maximum Gasteiger partial charge on any atom is 0.316 e. The van der Waals surface area contributed by atoms with Gasteiger partial charge in [-0.2, -0.15) is 11.8 Å². The lowest BCUT2D eigenvalue weighted by Crippen LogP contribution is -2.70. The van der Waals surface area contributed by atoms with Gasteiger partial charge in [0.15, 0.2) is 22.8 Å². The molecule has 0 radical (unpaired) electrons. The first-order valence-electron chi connectivity index (χ1n) is 12.9. The molecule has 1 N–H and O–H groups in total. The third-order valence-corrected chi connectivity index (χ3v) is 11.3. The van der Waals surface area contributed by atoms with Gasteiger partial charge in [0, 0.05) is 22.7 Å². The van der Waals surface area contributed by atoms with E-state index in [-0.39, 0.29) is 46.6 Å². The Bertz CT molecular complexity index is 1010. The smallest absolute Gasteiger partial charge is 0.316 e. The van der Waals surface area contributed by atoms with Gasteiger partial charge in [-0.15, -0.1) is 11.8 Å². The summed E-state index contributed by atoms with van der Waals surface area (Å²) < 4.78 is 23.6. The number of thioether (sulfide) groups is 2. The third kappa shape index (κ3) is 3.79. The van der Waals surface area contributed by atoms with Crippen LogP contribution in [-0.2, 0) is 19.1 Å². The Morgan fingerprint density at radius 1 is 1.25 bits per heavy atom. The Balaban J connectivity index is 1.78. The normalized spacial score (nSPS) is 43.5. The van der Waals surface area contributed by atoms with E-state index in [4.69, 9.17) is 4.74 Å². The first-order chi connectivity index (χ1) is 16.8. The summed E-state index contributed by atoms with van der Waals surface area (Å²) in [6.45, 7) is 9.65. The van der Waals surface area contributed by atoms with Crippen LogP contribution in [0.15, 0.2) is 23.8 Å². The molecule has 0 aromatic heterocycles. The second-order valence-electron chi connectivity index (χ2n) is 11.8. The number of ketones is 2. The summed E-state index contributed by atoms with van der Waals surface area (Å²) in [6.07, 6.45) is 6.64. The van der Waals surface area contributed by atoms with E-state index in [9.17, 15) is 19.5 Å².